The summed E-state index contributed by atoms with van der Waals surface area (Å²) < 4.78 is 0. The predicted octanol–water partition coefficient (Wildman–Crippen LogP) is 6.47. The quantitative estimate of drug-likeness (QED) is 0.0950. The summed E-state index contributed by atoms with van der Waals surface area (Å²) in [6.45, 7) is 3.94. The molecule has 0 saturated heterocycles. The molecule has 0 rings (SSSR count). The normalized spacial score (nSPS) is 15.1. The molecular formula is C31H53NO4. The maximum Gasteiger partial charge on any atom is 0.249 e. The first kappa shape index (κ1) is 34.0. The maximum atomic E-state index is 12.2. The number of hydrogen-bond donors (Lipinski definition) is 4. The summed E-state index contributed by atoms with van der Waals surface area (Å²) in [4.78, 5) is 12.2. The van der Waals surface area contributed by atoms with Gasteiger partial charge in [0.05, 0.1) is 18.8 Å². The van der Waals surface area contributed by atoms with Crippen LogP contribution in [-0.2, 0) is 4.79 Å². The molecule has 1 amide bonds. The van der Waals surface area contributed by atoms with Crippen molar-refractivity contribution >= 4 is 5.91 Å². The van der Waals surface area contributed by atoms with E-state index >= 15 is 0 Å². The Bertz CT molecular complexity index is 651. The van der Waals surface area contributed by atoms with Crippen molar-refractivity contribution in [1.82, 2.24) is 5.32 Å². The summed E-state index contributed by atoms with van der Waals surface area (Å²) in [5.41, 5.74) is 0. The van der Waals surface area contributed by atoms with Gasteiger partial charge in [0.2, 0.25) is 5.91 Å². The lowest BCUT2D eigenvalue weighted by Crippen LogP contribution is -2.48. The summed E-state index contributed by atoms with van der Waals surface area (Å²) >= 11 is 0. The van der Waals surface area contributed by atoms with Crippen LogP contribution in [0, 0.1) is 0 Å². The van der Waals surface area contributed by atoms with Crippen LogP contribution in [0.4, 0.5) is 0 Å². The van der Waals surface area contributed by atoms with E-state index in [1.165, 1.54) is 38.5 Å². The minimum absolute atomic E-state index is 0.196. The van der Waals surface area contributed by atoms with E-state index in [2.05, 4.69) is 55.6 Å². The molecule has 0 heterocycles. The third-order valence-corrected chi connectivity index (χ3v) is 5.83. The van der Waals surface area contributed by atoms with Crippen molar-refractivity contribution in [3.63, 3.8) is 0 Å². The fraction of sp³-hybridized carbons (Fsp3) is 0.645. The highest BCUT2D eigenvalue weighted by Crippen LogP contribution is 2.08. The first-order valence-corrected chi connectivity index (χ1v) is 14.1. The van der Waals surface area contributed by atoms with Gasteiger partial charge in [-0.15, -0.1) is 0 Å². The van der Waals surface area contributed by atoms with E-state index in [1.807, 2.05) is 12.2 Å². The van der Waals surface area contributed by atoms with E-state index in [9.17, 15) is 20.1 Å². The number of carbonyl (C=O) groups excluding carboxylic acids is 1. The van der Waals surface area contributed by atoms with Crippen molar-refractivity contribution in [2.45, 2.75) is 122 Å². The third kappa shape index (κ3) is 21.3. The topological polar surface area (TPSA) is 89.8 Å². The van der Waals surface area contributed by atoms with Crippen molar-refractivity contribution in [2.24, 2.45) is 0 Å². The van der Waals surface area contributed by atoms with Crippen molar-refractivity contribution in [3.8, 4) is 0 Å². The number of aliphatic hydroxyl groups excluding tert-OH is 3. The summed E-state index contributed by atoms with van der Waals surface area (Å²) in [5, 5.41) is 32.4. The van der Waals surface area contributed by atoms with Gasteiger partial charge in [0.1, 0.15) is 6.10 Å². The van der Waals surface area contributed by atoms with Gasteiger partial charge in [0.15, 0.2) is 0 Å². The minimum Gasteiger partial charge on any atom is -0.394 e. The van der Waals surface area contributed by atoms with E-state index in [-0.39, 0.29) is 6.42 Å². The first-order valence-electron chi connectivity index (χ1n) is 14.1. The van der Waals surface area contributed by atoms with Crippen molar-refractivity contribution in [2.75, 3.05) is 6.61 Å². The lowest BCUT2D eigenvalue weighted by atomic mass is 10.1. The molecule has 0 radical (unpaired) electrons. The number of aliphatic hydroxyl groups is 3. The maximum absolute atomic E-state index is 12.2. The Labute approximate surface area is 220 Å². The number of hydrogen-bond acceptors (Lipinski definition) is 4. The van der Waals surface area contributed by atoms with Gasteiger partial charge in [-0.3, -0.25) is 4.79 Å². The zero-order valence-electron chi connectivity index (χ0n) is 22.9. The zero-order chi connectivity index (χ0) is 26.7. The number of carbonyl (C=O) groups is 1. The molecule has 0 bridgehead atoms. The molecule has 0 aromatic heterocycles. The lowest BCUT2D eigenvalue weighted by molar-refractivity contribution is -0.131. The van der Waals surface area contributed by atoms with Gasteiger partial charge >= 0.3 is 0 Å². The molecule has 0 spiro atoms. The molecule has 0 saturated carbocycles. The fourth-order valence-electron chi connectivity index (χ4n) is 3.56. The molecule has 0 aromatic carbocycles. The molecule has 5 heteroatoms. The second kappa shape index (κ2) is 26.1. The SMILES string of the molecule is CC/C=C/CC/C=C/CC/C=C/C(O)C(CO)NC(=O)C(O)C/C=C\C/C=C\CCCCCCCC. The number of allylic oxidation sites excluding steroid dienone is 8. The summed E-state index contributed by atoms with van der Waals surface area (Å²) in [5.74, 6) is -0.593. The van der Waals surface area contributed by atoms with Crippen LogP contribution in [0.2, 0.25) is 0 Å². The molecule has 0 aliphatic heterocycles. The van der Waals surface area contributed by atoms with Gasteiger partial charge < -0.3 is 20.6 Å². The van der Waals surface area contributed by atoms with Gasteiger partial charge in [-0.05, 0) is 51.4 Å². The highest BCUT2D eigenvalue weighted by Gasteiger charge is 2.22. The fourth-order valence-corrected chi connectivity index (χ4v) is 3.56. The van der Waals surface area contributed by atoms with Crippen LogP contribution in [0.25, 0.3) is 0 Å². The second-order valence-electron chi connectivity index (χ2n) is 9.21. The molecular weight excluding hydrogens is 450 g/mol. The molecule has 3 atom stereocenters. The third-order valence-electron chi connectivity index (χ3n) is 5.83. The molecule has 0 fully saturated rings. The van der Waals surface area contributed by atoms with Crippen molar-refractivity contribution < 1.29 is 20.1 Å². The Morgan fingerprint density at radius 3 is 1.97 bits per heavy atom. The first-order chi connectivity index (χ1) is 17.6. The van der Waals surface area contributed by atoms with E-state index in [0.717, 1.165) is 44.9 Å². The Balaban J connectivity index is 4.08. The molecule has 206 valence electrons. The molecule has 0 aliphatic carbocycles. The molecule has 0 aliphatic rings. The molecule has 36 heavy (non-hydrogen) atoms. The summed E-state index contributed by atoms with van der Waals surface area (Å²) in [6.07, 6.45) is 32.5. The smallest absolute Gasteiger partial charge is 0.249 e. The molecule has 0 aromatic rings. The van der Waals surface area contributed by atoms with Gasteiger partial charge in [0.25, 0.3) is 0 Å². The van der Waals surface area contributed by atoms with Crippen molar-refractivity contribution in [3.05, 3.63) is 60.8 Å². The monoisotopic (exact) mass is 503 g/mol. The Morgan fingerprint density at radius 1 is 0.722 bits per heavy atom. The van der Waals surface area contributed by atoms with Crippen LogP contribution in [-0.4, -0.2) is 46.1 Å². The van der Waals surface area contributed by atoms with Crippen LogP contribution in [0.5, 0.6) is 0 Å². The van der Waals surface area contributed by atoms with Crippen molar-refractivity contribution in [1.29, 1.82) is 0 Å². The highest BCUT2D eigenvalue weighted by atomic mass is 16.3. The summed E-state index contributed by atoms with van der Waals surface area (Å²) in [6, 6.07) is -0.849. The van der Waals surface area contributed by atoms with Crippen LogP contribution in [0.3, 0.4) is 0 Å². The highest BCUT2D eigenvalue weighted by molar-refractivity contribution is 5.81. The van der Waals surface area contributed by atoms with E-state index in [1.54, 1.807) is 12.2 Å². The Hall–Kier alpha value is -1.95. The number of nitrogens with one attached hydrogen (secondary N) is 1. The van der Waals surface area contributed by atoms with E-state index in [0.29, 0.717) is 0 Å². The largest absolute Gasteiger partial charge is 0.394 e. The molecule has 3 unspecified atom stereocenters. The molecule has 4 N–H and O–H groups in total. The van der Waals surface area contributed by atoms with Gasteiger partial charge in [0, 0.05) is 6.42 Å². The van der Waals surface area contributed by atoms with Gasteiger partial charge in [-0.1, -0.05) is 107 Å². The van der Waals surface area contributed by atoms with Crippen LogP contribution >= 0.6 is 0 Å². The lowest BCUT2D eigenvalue weighted by Gasteiger charge is -2.21. The van der Waals surface area contributed by atoms with Crippen LogP contribution in [0.1, 0.15) is 104 Å². The van der Waals surface area contributed by atoms with Gasteiger partial charge in [-0.2, -0.15) is 0 Å². The summed E-state index contributed by atoms with van der Waals surface area (Å²) in [7, 11) is 0. The predicted molar refractivity (Wildman–Crippen MR) is 153 cm³/mol. The average molecular weight is 504 g/mol. The zero-order valence-corrected chi connectivity index (χ0v) is 22.9. The van der Waals surface area contributed by atoms with Crippen LogP contribution in [0.15, 0.2) is 60.8 Å². The van der Waals surface area contributed by atoms with E-state index in [4.69, 9.17) is 0 Å². The minimum atomic E-state index is -1.21. The Morgan fingerprint density at radius 2 is 1.31 bits per heavy atom. The number of unbranched alkanes of at least 4 members (excludes halogenated alkanes) is 8. The standard InChI is InChI=1S/C31H53NO4/c1-3-5-7-9-11-13-15-16-18-20-22-24-26-30(35)31(36)32-28(27-33)29(34)25-23-21-19-17-14-12-10-8-6-4-2/h6,8,14,16-18,22-25,28-30,33-35H,3-5,7,9-13,15,19-21,26-27H2,1-2H3,(H,32,36)/b8-6+,17-14+,18-16-,24-22-,25-23+. The average Bonchev–Trinajstić information content (AvgIpc) is 2.88. The van der Waals surface area contributed by atoms with Crippen LogP contribution < -0.4 is 5.32 Å². The number of amides is 1. The molecule has 5 nitrogen and oxygen atoms in total. The van der Waals surface area contributed by atoms with Gasteiger partial charge in [-0.25, -0.2) is 0 Å². The van der Waals surface area contributed by atoms with E-state index < -0.39 is 30.8 Å². The second-order valence-corrected chi connectivity index (χ2v) is 9.21. The Kier molecular flexibility index (Phi) is 24.7. The number of rotatable bonds is 23.